The molecule has 1 saturated heterocycles. The summed E-state index contributed by atoms with van der Waals surface area (Å²) in [5, 5.41) is 3.37. The van der Waals surface area contributed by atoms with E-state index in [1.165, 1.54) is 24.2 Å². The molecule has 0 aliphatic carbocycles. The minimum absolute atomic E-state index is 0. The molecule has 19 heavy (non-hydrogen) atoms. The molecule has 1 aromatic rings. The average molecular weight is 306 g/mol. The maximum Gasteiger partial charge on any atom is 0.404 e. The third-order valence-electron chi connectivity index (χ3n) is 3.54. The number of hydrogen-bond acceptors (Lipinski definition) is 5. The number of nitrogens with two attached hydrogens (primary N) is 1. The van der Waals surface area contributed by atoms with E-state index < -0.39 is 6.09 Å². The van der Waals surface area contributed by atoms with Crippen molar-refractivity contribution in [2.45, 2.75) is 32.3 Å². The molecule has 0 spiro atoms. The number of rotatable bonds is 4. The standard InChI is InChI=1S/C12H19N3O2S.ClH/c1-8(9-2-4-14-5-3-9)11-10(18-7-15-11)6-17-12(13)16;/h7-9,14H,2-6H2,1H3,(H2,13,16);1H. The van der Waals surface area contributed by atoms with Gasteiger partial charge in [0.05, 0.1) is 16.1 Å². The van der Waals surface area contributed by atoms with E-state index in [9.17, 15) is 4.79 Å². The average Bonchev–Trinajstić information content (AvgIpc) is 2.85. The second-order valence-corrected chi connectivity index (χ2v) is 5.58. The molecule has 1 aromatic heterocycles. The van der Waals surface area contributed by atoms with Gasteiger partial charge in [-0.25, -0.2) is 9.78 Å². The molecule has 1 aliphatic rings. The number of aromatic nitrogens is 1. The summed E-state index contributed by atoms with van der Waals surface area (Å²) in [7, 11) is 0. The Kier molecular flexibility index (Phi) is 6.54. The lowest BCUT2D eigenvalue weighted by atomic mass is 9.84. The van der Waals surface area contributed by atoms with Crippen LogP contribution < -0.4 is 11.1 Å². The van der Waals surface area contributed by atoms with Crippen LogP contribution in [0.15, 0.2) is 5.51 Å². The maximum atomic E-state index is 10.7. The Hall–Kier alpha value is -0.850. The molecular weight excluding hydrogens is 286 g/mol. The van der Waals surface area contributed by atoms with Crippen molar-refractivity contribution in [3.63, 3.8) is 0 Å². The molecule has 1 aliphatic heterocycles. The topological polar surface area (TPSA) is 77.2 Å². The van der Waals surface area contributed by atoms with Crippen molar-refractivity contribution < 1.29 is 9.53 Å². The number of nitrogens with zero attached hydrogens (tertiary/aromatic N) is 1. The van der Waals surface area contributed by atoms with Crippen LogP contribution in [-0.2, 0) is 11.3 Å². The molecule has 2 rings (SSSR count). The van der Waals surface area contributed by atoms with Crippen molar-refractivity contribution in [1.82, 2.24) is 10.3 Å². The van der Waals surface area contributed by atoms with Crippen LogP contribution in [-0.4, -0.2) is 24.2 Å². The molecule has 5 nitrogen and oxygen atoms in total. The van der Waals surface area contributed by atoms with Gasteiger partial charge in [0.1, 0.15) is 6.61 Å². The number of thiazole rings is 1. The van der Waals surface area contributed by atoms with Crippen LogP contribution in [0, 0.1) is 5.92 Å². The molecule has 1 atom stereocenters. The molecule has 1 unspecified atom stereocenters. The van der Waals surface area contributed by atoms with Crippen molar-refractivity contribution in [2.75, 3.05) is 13.1 Å². The summed E-state index contributed by atoms with van der Waals surface area (Å²) in [4.78, 5) is 16.1. The molecule has 0 radical (unpaired) electrons. The van der Waals surface area contributed by atoms with E-state index >= 15 is 0 Å². The SMILES string of the molecule is CC(c1ncsc1COC(N)=O)C1CCNCC1.Cl. The lowest BCUT2D eigenvalue weighted by molar-refractivity contribution is 0.150. The van der Waals surface area contributed by atoms with E-state index in [1.54, 1.807) is 0 Å². The number of amides is 1. The Bertz CT molecular complexity index is 407. The maximum absolute atomic E-state index is 10.7. The summed E-state index contributed by atoms with van der Waals surface area (Å²) in [6.07, 6.45) is 1.62. The van der Waals surface area contributed by atoms with E-state index in [2.05, 4.69) is 17.2 Å². The Labute approximate surface area is 123 Å². The molecule has 2 heterocycles. The second-order valence-electron chi connectivity index (χ2n) is 4.64. The summed E-state index contributed by atoms with van der Waals surface area (Å²) in [5.74, 6) is 1.06. The van der Waals surface area contributed by atoms with Crippen LogP contribution in [0.2, 0.25) is 0 Å². The molecular formula is C12H20ClN3O2S. The van der Waals surface area contributed by atoms with E-state index in [0.29, 0.717) is 11.8 Å². The van der Waals surface area contributed by atoms with Crippen molar-refractivity contribution in [3.05, 3.63) is 16.1 Å². The predicted molar refractivity (Wildman–Crippen MR) is 77.7 cm³/mol. The third kappa shape index (κ3) is 4.33. The fourth-order valence-electron chi connectivity index (χ4n) is 2.46. The Morgan fingerprint density at radius 3 is 2.95 bits per heavy atom. The van der Waals surface area contributed by atoms with E-state index in [4.69, 9.17) is 10.5 Å². The number of piperidine rings is 1. The van der Waals surface area contributed by atoms with Gasteiger partial charge in [-0.1, -0.05) is 6.92 Å². The highest BCUT2D eigenvalue weighted by molar-refractivity contribution is 7.09. The first-order chi connectivity index (χ1) is 8.68. The first kappa shape index (κ1) is 16.2. The van der Waals surface area contributed by atoms with Gasteiger partial charge in [-0.3, -0.25) is 0 Å². The number of ether oxygens (including phenoxy) is 1. The second kappa shape index (κ2) is 7.67. The van der Waals surface area contributed by atoms with E-state index in [0.717, 1.165) is 23.7 Å². The smallest absolute Gasteiger partial charge is 0.404 e. The van der Waals surface area contributed by atoms with Crippen LogP contribution >= 0.6 is 23.7 Å². The Balaban J connectivity index is 0.00000180. The fourth-order valence-corrected chi connectivity index (χ4v) is 3.24. The van der Waals surface area contributed by atoms with E-state index in [1.807, 2.05) is 5.51 Å². The van der Waals surface area contributed by atoms with Crippen LogP contribution in [0.1, 0.15) is 36.3 Å². The largest absolute Gasteiger partial charge is 0.444 e. The minimum Gasteiger partial charge on any atom is -0.444 e. The molecule has 3 N–H and O–H groups in total. The zero-order valence-corrected chi connectivity index (χ0v) is 12.6. The number of carbonyl (C=O) groups is 1. The summed E-state index contributed by atoms with van der Waals surface area (Å²) >= 11 is 1.52. The molecule has 1 fully saturated rings. The van der Waals surface area contributed by atoms with Crippen LogP contribution in [0.25, 0.3) is 0 Å². The van der Waals surface area contributed by atoms with Gasteiger partial charge in [0.15, 0.2) is 0 Å². The molecule has 108 valence electrons. The number of carbonyl (C=O) groups excluding carboxylic acids is 1. The number of halogens is 1. The van der Waals surface area contributed by atoms with Crippen molar-refractivity contribution in [2.24, 2.45) is 11.7 Å². The lowest BCUT2D eigenvalue weighted by Crippen LogP contribution is -2.30. The summed E-state index contributed by atoms with van der Waals surface area (Å²) in [5.41, 5.74) is 7.87. The summed E-state index contributed by atoms with van der Waals surface area (Å²) in [6.45, 7) is 4.60. The number of nitrogens with one attached hydrogen (secondary N) is 1. The van der Waals surface area contributed by atoms with Crippen LogP contribution in [0.5, 0.6) is 0 Å². The quantitative estimate of drug-likeness (QED) is 0.894. The highest BCUT2D eigenvalue weighted by atomic mass is 35.5. The van der Waals surface area contributed by atoms with Gasteiger partial charge < -0.3 is 15.8 Å². The highest BCUT2D eigenvalue weighted by Gasteiger charge is 2.25. The third-order valence-corrected chi connectivity index (χ3v) is 4.36. The number of hydrogen-bond donors (Lipinski definition) is 2. The highest BCUT2D eigenvalue weighted by Crippen LogP contribution is 2.33. The molecule has 1 amide bonds. The number of primary amides is 1. The van der Waals surface area contributed by atoms with Crippen molar-refractivity contribution in [3.8, 4) is 0 Å². The molecule has 0 saturated carbocycles. The monoisotopic (exact) mass is 305 g/mol. The predicted octanol–water partition coefficient (Wildman–Crippen LogP) is 2.26. The molecule has 7 heteroatoms. The van der Waals surface area contributed by atoms with Crippen LogP contribution in [0.4, 0.5) is 4.79 Å². The summed E-state index contributed by atoms with van der Waals surface area (Å²) < 4.78 is 4.86. The molecule has 0 bridgehead atoms. The summed E-state index contributed by atoms with van der Waals surface area (Å²) in [6, 6.07) is 0. The lowest BCUT2D eigenvalue weighted by Gasteiger charge is -2.27. The first-order valence-electron chi connectivity index (χ1n) is 6.23. The normalized spacial score (nSPS) is 17.5. The molecule has 0 aromatic carbocycles. The van der Waals surface area contributed by atoms with Crippen LogP contribution in [0.3, 0.4) is 0 Å². The van der Waals surface area contributed by atoms with Gasteiger partial charge in [0.2, 0.25) is 0 Å². The van der Waals surface area contributed by atoms with Gasteiger partial charge >= 0.3 is 6.09 Å². The zero-order chi connectivity index (χ0) is 13.0. The fraction of sp³-hybridized carbons (Fsp3) is 0.667. The Morgan fingerprint density at radius 2 is 2.32 bits per heavy atom. The van der Waals surface area contributed by atoms with Gasteiger partial charge in [0, 0.05) is 5.92 Å². The van der Waals surface area contributed by atoms with Crippen molar-refractivity contribution in [1.29, 1.82) is 0 Å². The first-order valence-corrected chi connectivity index (χ1v) is 7.11. The Morgan fingerprint density at radius 1 is 1.63 bits per heavy atom. The van der Waals surface area contributed by atoms with Crippen molar-refractivity contribution >= 4 is 29.8 Å². The van der Waals surface area contributed by atoms with E-state index in [-0.39, 0.29) is 19.0 Å². The van der Waals surface area contributed by atoms with Gasteiger partial charge in [0.25, 0.3) is 0 Å². The van der Waals surface area contributed by atoms with Gasteiger partial charge in [-0.15, -0.1) is 23.7 Å². The minimum atomic E-state index is -0.733. The van der Waals surface area contributed by atoms with Gasteiger partial charge in [-0.05, 0) is 31.8 Å². The zero-order valence-electron chi connectivity index (χ0n) is 10.9. The van der Waals surface area contributed by atoms with Gasteiger partial charge in [-0.2, -0.15) is 0 Å².